The van der Waals surface area contributed by atoms with Crippen molar-refractivity contribution in [3.8, 4) is 0 Å². The van der Waals surface area contributed by atoms with Crippen LogP contribution in [0.15, 0.2) is 24.3 Å². The van der Waals surface area contributed by atoms with Crippen LogP contribution in [0.5, 0.6) is 0 Å². The van der Waals surface area contributed by atoms with Crippen LogP contribution < -0.4 is 5.73 Å². The summed E-state index contributed by atoms with van der Waals surface area (Å²) in [6.45, 7) is 3.43. The first-order chi connectivity index (χ1) is 8.76. The fraction of sp³-hybridized carbons (Fsp3) is 0.385. The minimum absolute atomic E-state index is 0.412. The monoisotopic (exact) mass is 264 g/mol. The van der Waals surface area contributed by atoms with Crippen LogP contribution >= 0.6 is 11.6 Å². The van der Waals surface area contributed by atoms with E-state index in [1.54, 1.807) is 0 Å². The van der Waals surface area contributed by atoms with Crippen LogP contribution in [0.3, 0.4) is 0 Å². The fourth-order valence-electron chi connectivity index (χ4n) is 1.95. The smallest absolute Gasteiger partial charge is 0.146 e. The predicted molar refractivity (Wildman–Crippen MR) is 72.5 cm³/mol. The number of hydrogen-bond donors (Lipinski definition) is 1. The molecule has 0 unspecified atom stereocenters. The van der Waals surface area contributed by atoms with E-state index in [0.29, 0.717) is 13.0 Å². The lowest BCUT2D eigenvalue weighted by Crippen LogP contribution is -2.11. The second kappa shape index (κ2) is 5.98. The van der Waals surface area contributed by atoms with Gasteiger partial charge in [0.1, 0.15) is 11.6 Å². The second-order valence-electron chi connectivity index (χ2n) is 4.16. The summed E-state index contributed by atoms with van der Waals surface area (Å²) >= 11 is 6.16. The highest BCUT2D eigenvalue weighted by atomic mass is 35.5. The van der Waals surface area contributed by atoms with Crippen molar-refractivity contribution < 1.29 is 0 Å². The Morgan fingerprint density at radius 3 is 2.61 bits per heavy atom. The van der Waals surface area contributed by atoms with Gasteiger partial charge in [0, 0.05) is 18.0 Å². The van der Waals surface area contributed by atoms with E-state index >= 15 is 0 Å². The predicted octanol–water partition coefficient (Wildman–Crippen LogP) is 2.39. The highest BCUT2D eigenvalue weighted by molar-refractivity contribution is 6.31. The van der Waals surface area contributed by atoms with E-state index in [0.717, 1.165) is 35.2 Å². The second-order valence-corrected chi connectivity index (χ2v) is 4.56. The maximum Gasteiger partial charge on any atom is 0.146 e. The molecule has 0 saturated carbocycles. The normalized spacial score (nSPS) is 10.8. The van der Waals surface area contributed by atoms with E-state index in [1.165, 1.54) is 0 Å². The van der Waals surface area contributed by atoms with E-state index in [1.807, 2.05) is 24.3 Å². The van der Waals surface area contributed by atoms with Crippen LogP contribution in [0.4, 0.5) is 0 Å². The van der Waals surface area contributed by atoms with Gasteiger partial charge in [0.05, 0.1) is 6.54 Å². The Hall–Kier alpha value is -1.39. The van der Waals surface area contributed by atoms with Gasteiger partial charge in [0.2, 0.25) is 0 Å². The van der Waals surface area contributed by atoms with Gasteiger partial charge in [-0.15, -0.1) is 10.2 Å². The Morgan fingerprint density at radius 2 is 1.94 bits per heavy atom. The summed E-state index contributed by atoms with van der Waals surface area (Å²) in [5.41, 5.74) is 6.73. The maximum atomic E-state index is 6.16. The van der Waals surface area contributed by atoms with Gasteiger partial charge in [-0.1, -0.05) is 36.7 Å². The molecule has 0 atom stereocenters. The van der Waals surface area contributed by atoms with Gasteiger partial charge in [0.15, 0.2) is 0 Å². The van der Waals surface area contributed by atoms with Gasteiger partial charge < -0.3 is 10.3 Å². The largest absolute Gasteiger partial charge is 0.324 e. The van der Waals surface area contributed by atoms with Gasteiger partial charge in [0.25, 0.3) is 0 Å². The van der Waals surface area contributed by atoms with Crippen molar-refractivity contribution in [1.29, 1.82) is 0 Å². The maximum absolute atomic E-state index is 6.16. The Kier molecular flexibility index (Phi) is 4.33. The van der Waals surface area contributed by atoms with Crippen molar-refractivity contribution in [3.05, 3.63) is 46.5 Å². The molecule has 4 nitrogen and oxygen atoms in total. The average molecular weight is 265 g/mol. The molecule has 0 bridgehead atoms. The van der Waals surface area contributed by atoms with Gasteiger partial charge in [-0.05, 0) is 18.1 Å². The molecule has 0 aliphatic carbocycles. The first kappa shape index (κ1) is 13.1. The molecule has 2 aromatic rings. The first-order valence-electron chi connectivity index (χ1n) is 6.10. The molecule has 1 aromatic carbocycles. The molecule has 0 aliphatic heterocycles. The molecular formula is C13H17ClN4. The minimum atomic E-state index is 0.412. The molecule has 1 aromatic heterocycles. The van der Waals surface area contributed by atoms with E-state index in [9.17, 15) is 0 Å². The van der Waals surface area contributed by atoms with Gasteiger partial charge in [-0.25, -0.2) is 0 Å². The van der Waals surface area contributed by atoms with Crippen LogP contribution in [0.2, 0.25) is 5.02 Å². The zero-order valence-corrected chi connectivity index (χ0v) is 11.2. The molecule has 0 saturated heterocycles. The van der Waals surface area contributed by atoms with E-state index in [-0.39, 0.29) is 0 Å². The lowest BCUT2D eigenvalue weighted by atomic mass is 10.1. The zero-order chi connectivity index (χ0) is 13.0. The summed E-state index contributed by atoms with van der Waals surface area (Å²) in [5, 5.41) is 9.10. The standard InChI is InChI=1S/C13H17ClN4/c1-2-7-18-12(16-17-13(18)9-15)8-10-5-3-4-6-11(10)14/h3-6H,2,7-9,15H2,1H3. The quantitative estimate of drug-likeness (QED) is 0.902. The van der Waals surface area contributed by atoms with Crippen LogP contribution in [-0.4, -0.2) is 14.8 Å². The van der Waals surface area contributed by atoms with Crippen molar-refractivity contribution in [2.24, 2.45) is 5.73 Å². The average Bonchev–Trinajstić information content (AvgIpc) is 2.75. The molecule has 2 N–H and O–H groups in total. The number of benzene rings is 1. The number of aromatic nitrogens is 3. The summed E-state index contributed by atoms with van der Waals surface area (Å²) in [4.78, 5) is 0. The molecule has 96 valence electrons. The molecule has 1 heterocycles. The van der Waals surface area contributed by atoms with E-state index in [4.69, 9.17) is 17.3 Å². The summed E-state index contributed by atoms with van der Waals surface area (Å²) in [6, 6.07) is 7.80. The highest BCUT2D eigenvalue weighted by Gasteiger charge is 2.11. The minimum Gasteiger partial charge on any atom is -0.324 e. The topological polar surface area (TPSA) is 56.7 Å². The molecule has 0 radical (unpaired) electrons. The number of nitrogens with zero attached hydrogens (tertiary/aromatic N) is 3. The van der Waals surface area contributed by atoms with Crippen LogP contribution in [0, 0.1) is 0 Å². The van der Waals surface area contributed by atoms with E-state index in [2.05, 4.69) is 21.7 Å². The van der Waals surface area contributed by atoms with Gasteiger partial charge >= 0.3 is 0 Å². The first-order valence-corrected chi connectivity index (χ1v) is 6.48. The molecule has 2 rings (SSSR count). The van der Waals surface area contributed by atoms with E-state index < -0.39 is 0 Å². The summed E-state index contributed by atoms with van der Waals surface area (Å²) in [7, 11) is 0. The fourth-order valence-corrected chi connectivity index (χ4v) is 2.15. The number of halogens is 1. The van der Waals surface area contributed by atoms with Crippen molar-refractivity contribution >= 4 is 11.6 Å². The molecule has 0 aliphatic rings. The number of nitrogens with two attached hydrogens (primary N) is 1. The lowest BCUT2D eigenvalue weighted by Gasteiger charge is -2.08. The van der Waals surface area contributed by atoms with Crippen molar-refractivity contribution in [3.63, 3.8) is 0 Å². The number of hydrogen-bond acceptors (Lipinski definition) is 3. The Bertz CT molecular complexity index is 521. The summed E-state index contributed by atoms with van der Waals surface area (Å²) in [6.07, 6.45) is 1.72. The molecule has 0 amide bonds. The van der Waals surface area contributed by atoms with Crippen LogP contribution in [0.1, 0.15) is 30.6 Å². The summed E-state index contributed by atoms with van der Waals surface area (Å²) < 4.78 is 2.09. The van der Waals surface area contributed by atoms with Gasteiger partial charge in [-0.2, -0.15) is 0 Å². The molecule has 18 heavy (non-hydrogen) atoms. The molecule has 0 fully saturated rings. The van der Waals surface area contributed by atoms with Crippen molar-refractivity contribution in [1.82, 2.24) is 14.8 Å². The molecule has 5 heteroatoms. The third-order valence-corrected chi connectivity index (χ3v) is 3.21. The Balaban J connectivity index is 2.29. The molecular weight excluding hydrogens is 248 g/mol. The zero-order valence-electron chi connectivity index (χ0n) is 10.4. The SMILES string of the molecule is CCCn1c(CN)nnc1Cc1ccccc1Cl. The van der Waals surface area contributed by atoms with Crippen LogP contribution in [-0.2, 0) is 19.5 Å². The van der Waals surface area contributed by atoms with Crippen molar-refractivity contribution in [2.75, 3.05) is 0 Å². The lowest BCUT2D eigenvalue weighted by molar-refractivity contribution is 0.615. The number of rotatable bonds is 5. The third kappa shape index (κ3) is 2.71. The Morgan fingerprint density at radius 1 is 1.22 bits per heavy atom. The van der Waals surface area contributed by atoms with Crippen LogP contribution in [0.25, 0.3) is 0 Å². The van der Waals surface area contributed by atoms with Gasteiger partial charge in [-0.3, -0.25) is 0 Å². The highest BCUT2D eigenvalue weighted by Crippen LogP contribution is 2.18. The molecule has 0 spiro atoms. The van der Waals surface area contributed by atoms with Crippen molar-refractivity contribution in [2.45, 2.75) is 32.9 Å². The third-order valence-electron chi connectivity index (χ3n) is 2.84. The summed E-state index contributed by atoms with van der Waals surface area (Å²) in [5.74, 6) is 1.75. The Labute approximate surface area is 112 Å².